The van der Waals surface area contributed by atoms with Crippen LogP contribution < -0.4 is 11.2 Å². The van der Waals surface area contributed by atoms with E-state index >= 15 is 0 Å². The summed E-state index contributed by atoms with van der Waals surface area (Å²) in [6, 6.07) is 3.02. The Bertz CT molecular complexity index is 740. The van der Waals surface area contributed by atoms with Crippen LogP contribution in [0.3, 0.4) is 0 Å². The van der Waals surface area contributed by atoms with Gasteiger partial charge in [0.05, 0.1) is 10.7 Å². The smallest absolute Gasteiger partial charge is 0.295 e. The van der Waals surface area contributed by atoms with Gasteiger partial charge in [-0.3, -0.25) is 9.78 Å². The summed E-state index contributed by atoms with van der Waals surface area (Å²) >= 11 is 11.0. The van der Waals surface area contributed by atoms with Crippen LogP contribution >= 0.6 is 23.2 Å². The standard InChI is InChI=1S/C10H4Cl2F2N2O2/c11-5-2-1-4(13)3-6(5)16-9(17)7(14)8(12)15-10(16)18/h1-3H,(H,15,18). The first-order valence-electron chi connectivity index (χ1n) is 4.57. The number of aromatic nitrogens is 2. The van der Waals surface area contributed by atoms with Gasteiger partial charge in [0.1, 0.15) is 5.82 Å². The molecule has 0 amide bonds. The van der Waals surface area contributed by atoms with Crippen LogP contribution in [0.15, 0.2) is 27.8 Å². The lowest BCUT2D eigenvalue weighted by atomic mass is 10.3. The van der Waals surface area contributed by atoms with Crippen LogP contribution in [0.2, 0.25) is 10.2 Å². The van der Waals surface area contributed by atoms with E-state index in [2.05, 4.69) is 0 Å². The lowest BCUT2D eigenvalue weighted by Crippen LogP contribution is -2.36. The Hall–Kier alpha value is -1.66. The number of hydrogen-bond donors (Lipinski definition) is 1. The predicted molar refractivity (Wildman–Crippen MR) is 62.6 cm³/mol. The van der Waals surface area contributed by atoms with Gasteiger partial charge in [-0.2, -0.15) is 4.39 Å². The highest BCUT2D eigenvalue weighted by atomic mass is 35.5. The second kappa shape index (κ2) is 4.55. The van der Waals surface area contributed by atoms with E-state index in [0.29, 0.717) is 4.57 Å². The summed E-state index contributed by atoms with van der Waals surface area (Å²) < 4.78 is 26.8. The molecule has 0 atom stereocenters. The first-order valence-corrected chi connectivity index (χ1v) is 5.33. The van der Waals surface area contributed by atoms with E-state index < -0.39 is 28.0 Å². The van der Waals surface area contributed by atoms with Gasteiger partial charge >= 0.3 is 5.69 Å². The molecule has 94 valence electrons. The van der Waals surface area contributed by atoms with Crippen molar-refractivity contribution in [2.75, 3.05) is 0 Å². The van der Waals surface area contributed by atoms with E-state index in [-0.39, 0.29) is 10.7 Å². The Labute approximate surface area is 108 Å². The monoisotopic (exact) mass is 292 g/mol. The maximum atomic E-state index is 13.3. The maximum absolute atomic E-state index is 13.3. The molecule has 0 radical (unpaired) electrons. The van der Waals surface area contributed by atoms with E-state index in [1.807, 2.05) is 4.98 Å². The molecule has 0 fully saturated rings. The van der Waals surface area contributed by atoms with Crippen LogP contribution in [-0.4, -0.2) is 9.55 Å². The fourth-order valence-corrected chi connectivity index (χ4v) is 1.73. The largest absolute Gasteiger partial charge is 0.334 e. The number of benzene rings is 1. The minimum absolute atomic E-state index is 0.0780. The highest BCUT2D eigenvalue weighted by molar-refractivity contribution is 6.32. The topological polar surface area (TPSA) is 54.9 Å². The molecule has 0 aliphatic carbocycles. The molecule has 2 rings (SSSR count). The molecular formula is C10H4Cl2F2N2O2. The summed E-state index contributed by atoms with van der Waals surface area (Å²) in [5.41, 5.74) is -2.59. The van der Waals surface area contributed by atoms with Gasteiger partial charge in [-0.25, -0.2) is 13.8 Å². The molecule has 0 aliphatic rings. The van der Waals surface area contributed by atoms with Crippen molar-refractivity contribution in [2.24, 2.45) is 0 Å². The highest BCUT2D eigenvalue weighted by Crippen LogP contribution is 2.19. The summed E-state index contributed by atoms with van der Waals surface area (Å²) in [5, 5.41) is -0.792. The molecule has 0 saturated heterocycles. The van der Waals surface area contributed by atoms with Crippen LogP contribution in [0.25, 0.3) is 5.69 Å². The van der Waals surface area contributed by atoms with Crippen molar-refractivity contribution < 1.29 is 8.78 Å². The van der Waals surface area contributed by atoms with E-state index in [1.54, 1.807) is 0 Å². The van der Waals surface area contributed by atoms with E-state index in [1.165, 1.54) is 0 Å². The zero-order valence-electron chi connectivity index (χ0n) is 8.51. The van der Waals surface area contributed by atoms with Gasteiger partial charge in [-0.1, -0.05) is 23.2 Å². The van der Waals surface area contributed by atoms with E-state index in [0.717, 1.165) is 18.2 Å². The Morgan fingerprint density at radius 2 is 1.83 bits per heavy atom. The Kier molecular flexibility index (Phi) is 3.23. The highest BCUT2D eigenvalue weighted by Gasteiger charge is 2.16. The average molecular weight is 293 g/mol. The number of halogens is 4. The van der Waals surface area contributed by atoms with Crippen LogP contribution in [-0.2, 0) is 0 Å². The third-order valence-corrected chi connectivity index (χ3v) is 2.73. The van der Waals surface area contributed by atoms with Gasteiger partial charge in [0.2, 0.25) is 5.82 Å². The number of aromatic amines is 1. The summed E-state index contributed by atoms with van der Waals surface area (Å²) in [6.07, 6.45) is 0. The second-order valence-electron chi connectivity index (χ2n) is 3.29. The zero-order chi connectivity index (χ0) is 13.4. The van der Waals surface area contributed by atoms with Crippen LogP contribution in [0.4, 0.5) is 8.78 Å². The zero-order valence-corrected chi connectivity index (χ0v) is 10.0. The lowest BCUT2D eigenvalue weighted by Gasteiger charge is -2.07. The van der Waals surface area contributed by atoms with Crippen molar-refractivity contribution in [3.63, 3.8) is 0 Å². The molecule has 2 aromatic rings. The molecule has 1 N–H and O–H groups in total. The summed E-state index contributed by atoms with van der Waals surface area (Å²) in [7, 11) is 0. The SMILES string of the molecule is O=c1[nH]c(Cl)c(F)c(=O)n1-c1cc(F)ccc1Cl. The molecule has 18 heavy (non-hydrogen) atoms. The molecule has 1 aromatic heterocycles. The summed E-state index contributed by atoms with van der Waals surface area (Å²) in [5.74, 6) is -2.08. The Morgan fingerprint density at radius 1 is 1.17 bits per heavy atom. The van der Waals surface area contributed by atoms with Crippen molar-refractivity contribution in [1.29, 1.82) is 0 Å². The number of rotatable bonds is 1. The van der Waals surface area contributed by atoms with Crippen molar-refractivity contribution in [1.82, 2.24) is 9.55 Å². The molecule has 0 unspecified atom stereocenters. The minimum Gasteiger partial charge on any atom is -0.295 e. The molecule has 0 saturated carbocycles. The van der Waals surface area contributed by atoms with Crippen LogP contribution in [0, 0.1) is 11.6 Å². The van der Waals surface area contributed by atoms with Crippen molar-refractivity contribution in [2.45, 2.75) is 0 Å². The average Bonchev–Trinajstić information content (AvgIpc) is 2.31. The quantitative estimate of drug-likeness (QED) is 0.819. The summed E-state index contributed by atoms with van der Waals surface area (Å²) in [6.45, 7) is 0. The Morgan fingerprint density at radius 3 is 2.50 bits per heavy atom. The van der Waals surface area contributed by atoms with Gasteiger partial charge in [0, 0.05) is 0 Å². The molecule has 4 nitrogen and oxygen atoms in total. The molecule has 0 spiro atoms. The van der Waals surface area contributed by atoms with Gasteiger partial charge < -0.3 is 0 Å². The van der Waals surface area contributed by atoms with Gasteiger partial charge in [-0.15, -0.1) is 0 Å². The first-order chi connectivity index (χ1) is 8.41. The molecule has 1 heterocycles. The predicted octanol–water partition coefficient (Wildman–Crippen LogP) is 2.11. The Balaban J connectivity index is 2.88. The third kappa shape index (κ3) is 2.04. The van der Waals surface area contributed by atoms with Gasteiger partial charge in [0.25, 0.3) is 5.56 Å². The van der Waals surface area contributed by atoms with E-state index in [9.17, 15) is 18.4 Å². The van der Waals surface area contributed by atoms with Crippen LogP contribution in [0.5, 0.6) is 0 Å². The van der Waals surface area contributed by atoms with Crippen LogP contribution in [0.1, 0.15) is 0 Å². The van der Waals surface area contributed by atoms with Crippen molar-refractivity contribution in [3.8, 4) is 5.69 Å². The third-order valence-electron chi connectivity index (χ3n) is 2.15. The number of hydrogen-bond acceptors (Lipinski definition) is 2. The summed E-state index contributed by atoms with van der Waals surface area (Å²) in [4.78, 5) is 25.0. The van der Waals surface area contributed by atoms with Gasteiger partial charge in [-0.05, 0) is 18.2 Å². The second-order valence-corrected chi connectivity index (χ2v) is 4.08. The normalized spacial score (nSPS) is 10.7. The number of H-pyrrole nitrogens is 1. The fraction of sp³-hybridized carbons (Fsp3) is 0. The van der Waals surface area contributed by atoms with Crippen molar-refractivity contribution >= 4 is 23.2 Å². The molecule has 0 aliphatic heterocycles. The molecule has 0 bridgehead atoms. The van der Waals surface area contributed by atoms with E-state index in [4.69, 9.17) is 23.2 Å². The van der Waals surface area contributed by atoms with Crippen molar-refractivity contribution in [3.05, 3.63) is 60.8 Å². The maximum Gasteiger partial charge on any atom is 0.334 e. The molecular weight excluding hydrogens is 289 g/mol. The number of nitrogens with zero attached hydrogens (tertiary/aromatic N) is 1. The lowest BCUT2D eigenvalue weighted by molar-refractivity contribution is 0.582. The molecule has 8 heteroatoms. The van der Waals surface area contributed by atoms with Gasteiger partial charge in [0.15, 0.2) is 5.15 Å². The fourth-order valence-electron chi connectivity index (χ4n) is 1.36. The molecule has 1 aromatic carbocycles. The first kappa shape index (κ1) is 12.8. The minimum atomic E-state index is -1.35. The number of nitrogens with one attached hydrogen (secondary N) is 1.